The molecule has 0 radical (unpaired) electrons. The van der Waals surface area contributed by atoms with Crippen LogP contribution in [0, 0.1) is 0 Å². The summed E-state index contributed by atoms with van der Waals surface area (Å²) in [5.41, 5.74) is 1.26. The van der Waals surface area contributed by atoms with Crippen LogP contribution in [0.15, 0.2) is 52.5 Å². The summed E-state index contributed by atoms with van der Waals surface area (Å²) in [5, 5.41) is 4.41. The highest BCUT2D eigenvalue weighted by Crippen LogP contribution is 2.29. The Morgan fingerprint density at radius 2 is 2.15 bits per heavy atom. The lowest BCUT2D eigenvalue weighted by Gasteiger charge is -2.13. The molecule has 20 heavy (non-hydrogen) atoms. The normalized spacial score (nSPS) is 12.2. The molecule has 0 aliphatic heterocycles. The van der Waals surface area contributed by atoms with E-state index in [1.54, 1.807) is 18.9 Å². The Balaban J connectivity index is 2.14. The lowest BCUT2D eigenvalue weighted by atomic mass is 10.1. The molecule has 0 bridgehead atoms. The summed E-state index contributed by atoms with van der Waals surface area (Å²) in [4.78, 5) is 5.56. The Morgan fingerprint density at radius 3 is 2.90 bits per heavy atom. The van der Waals surface area contributed by atoms with Gasteiger partial charge in [-0.2, -0.15) is 0 Å². The second kappa shape index (κ2) is 7.31. The monoisotopic (exact) mass is 288 g/mol. The highest BCUT2D eigenvalue weighted by Gasteiger charge is 2.06. The molecule has 1 heterocycles. The summed E-state index contributed by atoms with van der Waals surface area (Å²) in [5.74, 6) is 0.868. The third-order valence-electron chi connectivity index (χ3n) is 3.03. The van der Waals surface area contributed by atoms with Crippen molar-refractivity contribution in [3.8, 4) is 5.75 Å². The summed E-state index contributed by atoms with van der Waals surface area (Å²) in [7, 11) is 1.68. The molecule has 4 heteroatoms. The maximum Gasteiger partial charge on any atom is 0.119 e. The second-order valence-corrected chi connectivity index (χ2v) is 5.58. The van der Waals surface area contributed by atoms with Crippen molar-refractivity contribution in [3.63, 3.8) is 0 Å². The van der Waals surface area contributed by atoms with Gasteiger partial charge >= 0.3 is 0 Å². The molecule has 1 N–H and O–H groups in total. The van der Waals surface area contributed by atoms with Crippen molar-refractivity contribution in [1.82, 2.24) is 10.3 Å². The number of ether oxygens (including phenoxy) is 1. The van der Waals surface area contributed by atoms with Crippen LogP contribution in [0.3, 0.4) is 0 Å². The van der Waals surface area contributed by atoms with E-state index in [9.17, 15) is 0 Å². The Morgan fingerprint density at radius 1 is 1.30 bits per heavy atom. The van der Waals surface area contributed by atoms with Gasteiger partial charge in [0.15, 0.2) is 0 Å². The number of pyridine rings is 1. The third kappa shape index (κ3) is 3.99. The fourth-order valence-electron chi connectivity index (χ4n) is 1.96. The second-order valence-electron chi connectivity index (χ2n) is 4.49. The first-order chi connectivity index (χ1) is 9.72. The summed E-state index contributed by atoms with van der Waals surface area (Å²) in [6, 6.07) is 12.6. The SMILES string of the molecule is CCNC(C)c1ccnc(Sc2cccc(OC)c2)c1. The average Bonchev–Trinajstić information content (AvgIpc) is 2.48. The minimum atomic E-state index is 0.340. The van der Waals surface area contributed by atoms with Crippen molar-refractivity contribution in [2.45, 2.75) is 29.8 Å². The molecule has 0 amide bonds. The predicted octanol–water partition coefficient (Wildman–Crippen LogP) is 3.91. The molecule has 106 valence electrons. The fraction of sp³-hybridized carbons (Fsp3) is 0.312. The number of aromatic nitrogens is 1. The van der Waals surface area contributed by atoms with Crippen LogP contribution in [-0.4, -0.2) is 18.6 Å². The first-order valence-electron chi connectivity index (χ1n) is 6.74. The fourth-order valence-corrected chi connectivity index (χ4v) is 2.83. The van der Waals surface area contributed by atoms with Gasteiger partial charge in [0.2, 0.25) is 0 Å². The molecule has 3 nitrogen and oxygen atoms in total. The Bertz CT molecular complexity index is 560. The zero-order valence-electron chi connectivity index (χ0n) is 12.1. The van der Waals surface area contributed by atoms with E-state index >= 15 is 0 Å². The van der Waals surface area contributed by atoms with Gasteiger partial charge in [0, 0.05) is 17.1 Å². The Hall–Kier alpha value is -1.52. The van der Waals surface area contributed by atoms with Crippen LogP contribution >= 0.6 is 11.8 Å². The molecule has 1 unspecified atom stereocenters. The van der Waals surface area contributed by atoms with E-state index in [1.165, 1.54) is 5.56 Å². The Kier molecular flexibility index (Phi) is 5.44. The first-order valence-corrected chi connectivity index (χ1v) is 7.56. The van der Waals surface area contributed by atoms with Crippen LogP contribution in [-0.2, 0) is 0 Å². The number of methoxy groups -OCH3 is 1. The van der Waals surface area contributed by atoms with Gasteiger partial charge in [0.1, 0.15) is 10.8 Å². The predicted molar refractivity (Wildman–Crippen MR) is 83.4 cm³/mol. The zero-order chi connectivity index (χ0) is 14.4. The number of nitrogens with zero attached hydrogens (tertiary/aromatic N) is 1. The van der Waals surface area contributed by atoms with Crippen molar-refractivity contribution >= 4 is 11.8 Å². The molecule has 0 fully saturated rings. The van der Waals surface area contributed by atoms with Crippen LogP contribution in [0.4, 0.5) is 0 Å². The van der Waals surface area contributed by atoms with Crippen LogP contribution in [0.5, 0.6) is 5.75 Å². The minimum absolute atomic E-state index is 0.340. The van der Waals surface area contributed by atoms with Crippen molar-refractivity contribution in [1.29, 1.82) is 0 Å². The number of nitrogens with one attached hydrogen (secondary N) is 1. The summed E-state index contributed by atoms with van der Waals surface area (Å²) in [6.45, 7) is 5.24. The van der Waals surface area contributed by atoms with Gasteiger partial charge in [-0.1, -0.05) is 24.8 Å². The zero-order valence-corrected chi connectivity index (χ0v) is 12.9. The average molecular weight is 288 g/mol. The summed E-state index contributed by atoms with van der Waals surface area (Å²) >= 11 is 1.65. The molecule has 1 atom stereocenters. The molecular formula is C16H20N2OS. The molecule has 0 saturated carbocycles. The highest BCUT2D eigenvalue weighted by molar-refractivity contribution is 7.99. The van der Waals surface area contributed by atoms with Crippen molar-refractivity contribution in [2.75, 3.05) is 13.7 Å². The summed E-state index contributed by atoms with van der Waals surface area (Å²) < 4.78 is 5.24. The number of hydrogen-bond acceptors (Lipinski definition) is 4. The van der Waals surface area contributed by atoms with Gasteiger partial charge in [-0.25, -0.2) is 4.98 Å². The molecule has 0 spiro atoms. The smallest absolute Gasteiger partial charge is 0.119 e. The van der Waals surface area contributed by atoms with Crippen LogP contribution in [0.1, 0.15) is 25.5 Å². The molecule has 1 aromatic heterocycles. The molecule has 2 rings (SSSR count). The van der Waals surface area contributed by atoms with Crippen LogP contribution in [0.25, 0.3) is 0 Å². The molecular weight excluding hydrogens is 268 g/mol. The highest BCUT2D eigenvalue weighted by atomic mass is 32.2. The van der Waals surface area contributed by atoms with Gasteiger partial charge in [-0.05, 0) is 49.4 Å². The first kappa shape index (κ1) is 14.9. The molecule has 1 aromatic carbocycles. The van der Waals surface area contributed by atoms with Gasteiger partial charge in [0.25, 0.3) is 0 Å². The van der Waals surface area contributed by atoms with E-state index in [-0.39, 0.29) is 0 Å². The van der Waals surface area contributed by atoms with Gasteiger partial charge in [-0.15, -0.1) is 0 Å². The Labute approximate surface area is 124 Å². The van der Waals surface area contributed by atoms with E-state index in [2.05, 4.69) is 42.3 Å². The number of benzene rings is 1. The quantitative estimate of drug-likeness (QED) is 0.874. The molecule has 0 aliphatic carbocycles. The van der Waals surface area contributed by atoms with Crippen molar-refractivity contribution < 1.29 is 4.74 Å². The van der Waals surface area contributed by atoms with Crippen molar-refractivity contribution in [3.05, 3.63) is 48.2 Å². The van der Waals surface area contributed by atoms with Gasteiger partial charge in [-0.3, -0.25) is 0 Å². The van der Waals surface area contributed by atoms with E-state index in [0.717, 1.165) is 22.2 Å². The lowest BCUT2D eigenvalue weighted by molar-refractivity contribution is 0.413. The molecule has 0 saturated heterocycles. The molecule has 0 aliphatic rings. The number of hydrogen-bond donors (Lipinski definition) is 1. The molecule has 2 aromatic rings. The van der Waals surface area contributed by atoms with Crippen molar-refractivity contribution in [2.24, 2.45) is 0 Å². The van der Waals surface area contributed by atoms with E-state index < -0.39 is 0 Å². The maximum absolute atomic E-state index is 5.24. The minimum Gasteiger partial charge on any atom is -0.497 e. The lowest BCUT2D eigenvalue weighted by Crippen LogP contribution is -2.17. The van der Waals surface area contributed by atoms with Crippen LogP contribution in [0.2, 0.25) is 0 Å². The van der Waals surface area contributed by atoms with E-state index in [4.69, 9.17) is 4.74 Å². The number of rotatable bonds is 6. The van der Waals surface area contributed by atoms with E-state index in [1.807, 2.05) is 24.4 Å². The van der Waals surface area contributed by atoms with Gasteiger partial charge < -0.3 is 10.1 Å². The maximum atomic E-state index is 5.24. The topological polar surface area (TPSA) is 34.2 Å². The van der Waals surface area contributed by atoms with E-state index in [0.29, 0.717) is 6.04 Å². The largest absolute Gasteiger partial charge is 0.497 e. The van der Waals surface area contributed by atoms with Gasteiger partial charge in [0.05, 0.1) is 7.11 Å². The van der Waals surface area contributed by atoms with Crippen LogP contribution < -0.4 is 10.1 Å². The third-order valence-corrected chi connectivity index (χ3v) is 3.95. The standard InChI is InChI=1S/C16H20N2OS/c1-4-17-12(2)13-8-9-18-16(10-13)20-15-7-5-6-14(11-15)19-3/h5-12,17H,4H2,1-3H3. The summed E-state index contributed by atoms with van der Waals surface area (Å²) in [6.07, 6.45) is 1.87.